The number of methoxy groups -OCH3 is 2. The number of halogens is 2. The quantitative estimate of drug-likeness (QED) is 0.745. The predicted molar refractivity (Wildman–Crippen MR) is 80.1 cm³/mol. The molecule has 1 aromatic carbocycles. The van der Waals surface area contributed by atoms with Crippen LogP contribution in [0.3, 0.4) is 0 Å². The van der Waals surface area contributed by atoms with Crippen LogP contribution in [0.25, 0.3) is 0 Å². The van der Waals surface area contributed by atoms with Gasteiger partial charge in [-0.15, -0.1) is 0 Å². The van der Waals surface area contributed by atoms with Gasteiger partial charge in [-0.1, -0.05) is 36.2 Å². The maximum atomic E-state index is 6.20. The van der Waals surface area contributed by atoms with E-state index in [9.17, 15) is 0 Å². The molecule has 0 aromatic heterocycles. The van der Waals surface area contributed by atoms with Crippen molar-refractivity contribution in [3.63, 3.8) is 0 Å². The Hall–Kier alpha value is -0.320. The van der Waals surface area contributed by atoms with Crippen LogP contribution in [-0.4, -0.2) is 33.1 Å². The van der Waals surface area contributed by atoms with Crippen LogP contribution in [0.15, 0.2) is 18.2 Å². The van der Waals surface area contributed by atoms with Crippen LogP contribution in [-0.2, 0) is 15.9 Å². The number of rotatable bonds is 8. The zero-order chi connectivity index (χ0) is 14.3. The van der Waals surface area contributed by atoms with E-state index < -0.39 is 0 Å². The highest BCUT2D eigenvalue weighted by Gasteiger charge is 2.22. The highest BCUT2D eigenvalue weighted by atomic mass is 35.5. The standard InChI is InChI=1S/C14H21Cl2NO2/c1-4-8-17-13(14(18-2)19-3)9-10-11(15)6-5-7-12(10)16/h5-7,13-14,17H,4,8-9H2,1-3H3. The molecule has 1 atom stereocenters. The summed E-state index contributed by atoms with van der Waals surface area (Å²) in [5, 5.41) is 4.74. The SMILES string of the molecule is CCCNC(Cc1c(Cl)cccc1Cl)C(OC)OC. The summed E-state index contributed by atoms with van der Waals surface area (Å²) in [5.41, 5.74) is 0.915. The van der Waals surface area contributed by atoms with Gasteiger partial charge in [0, 0.05) is 24.3 Å². The van der Waals surface area contributed by atoms with Crippen molar-refractivity contribution in [3.05, 3.63) is 33.8 Å². The summed E-state index contributed by atoms with van der Waals surface area (Å²) in [4.78, 5) is 0. The van der Waals surface area contributed by atoms with Gasteiger partial charge in [0.15, 0.2) is 6.29 Å². The van der Waals surface area contributed by atoms with Crippen molar-refractivity contribution in [2.45, 2.75) is 32.1 Å². The minimum atomic E-state index is -0.334. The molecule has 5 heteroatoms. The number of benzene rings is 1. The third-order valence-electron chi connectivity index (χ3n) is 2.94. The lowest BCUT2D eigenvalue weighted by molar-refractivity contribution is -0.122. The van der Waals surface area contributed by atoms with Gasteiger partial charge < -0.3 is 14.8 Å². The lowest BCUT2D eigenvalue weighted by Crippen LogP contribution is -2.44. The molecule has 3 nitrogen and oxygen atoms in total. The van der Waals surface area contributed by atoms with Crippen LogP contribution >= 0.6 is 23.2 Å². The Kier molecular flexibility index (Phi) is 7.73. The molecule has 0 saturated heterocycles. The van der Waals surface area contributed by atoms with Crippen LogP contribution in [0, 0.1) is 0 Å². The zero-order valence-electron chi connectivity index (χ0n) is 11.6. The smallest absolute Gasteiger partial charge is 0.172 e. The molecule has 0 saturated carbocycles. The fraction of sp³-hybridized carbons (Fsp3) is 0.571. The first-order valence-corrected chi connectivity index (χ1v) is 7.11. The molecule has 0 spiro atoms. The summed E-state index contributed by atoms with van der Waals surface area (Å²) in [6.45, 7) is 3.00. The molecule has 1 rings (SSSR count). The van der Waals surface area contributed by atoms with Crippen molar-refractivity contribution in [2.24, 2.45) is 0 Å². The van der Waals surface area contributed by atoms with E-state index in [4.69, 9.17) is 32.7 Å². The number of hydrogen-bond acceptors (Lipinski definition) is 3. The van der Waals surface area contributed by atoms with Gasteiger partial charge in [0.05, 0.1) is 6.04 Å². The minimum Gasteiger partial charge on any atom is -0.354 e. The Bertz CT molecular complexity index is 363. The number of nitrogens with one attached hydrogen (secondary N) is 1. The first-order chi connectivity index (χ1) is 9.13. The van der Waals surface area contributed by atoms with Crippen molar-refractivity contribution in [2.75, 3.05) is 20.8 Å². The summed E-state index contributed by atoms with van der Waals surface area (Å²) in [6.07, 6.45) is 1.36. The van der Waals surface area contributed by atoms with Crippen LogP contribution in [0.1, 0.15) is 18.9 Å². The van der Waals surface area contributed by atoms with Crippen molar-refractivity contribution in [1.29, 1.82) is 0 Å². The van der Waals surface area contributed by atoms with Gasteiger partial charge in [0.25, 0.3) is 0 Å². The molecule has 0 radical (unpaired) electrons. The maximum Gasteiger partial charge on any atom is 0.172 e. The molecule has 1 aromatic rings. The van der Waals surface area contributed by atoms with Gasteiger partial charge in [-0.25, -0.2) is 0 Å². The van der Waals surface area contributed by atoms with Crippen LogP contribution in [0.2, 0.25) is 10.0 Å². The molecule has 0 bridgehead atoms. The van der Waals surface area contributed by atoms with E-state index in [1.807, 2.05) is 18.2 Å². The topological polar surface area (TPSA) is 30.5 Å². The molecule has 0 amide bonds. The molecule has 1 unspecified atom stereocenters. The molecule has 0 aliphatic rings. The molecule has 19 heavy (non-hydrogen) atoms. The van der Waals surface area contributed by atoms with Crippen molar-refractivity contribution >= 4 is 23.2 Å². The van der Waals surface area contributed by atoms with Gasteiger partial charge in [-0.05, 0) is 37.1 Å². The van der Waals surface area contributed by atoms with Gasteiger partial charge in [0.2, 0.25) is 0 Å². The van der Waals surface area contributed by atoms with Crippen molar-refractivity contribution in [1.82, 2.24) is 5.32 Å². The third-order valence-corrected chi connectivity index (χ3v) is 3.64. The van der Waals surface area contributed by atoms with E-state index in [1.54, 1.807) is 14.2 Å². The van der Waals surface area contributed by atoms with Gasteiger partial charge in [0.1, 0.15) is 0 Å². The average molecular weight is 306 g/mol. The van der Waals surface area contributed by atoms with Gasteiger partial charge >= 0.3 is 0 Å². The van der Waals surface area contributed by atoms with Crippen LogP contribution in [0.5, 0.6) is 0 Å². The van der Waals surface area contributed by atoms with Crippen LogP contribution < -0.4 is 5.32 Å². The Labute approximate surface area is 125 Å². The summed E-state index contributed by atoms with van der Waals surface area (Å²) in [7, 11) is 3.26. The molecule has 0 aliphatic heterocycles. The molecule has 108 valence electrons. The van der Waals surface area contributed by atoms with E-state index >= 15 is 0 Å². The monoisotopic (exact) mass is 305 g/mol. The van der Waals surface area contributed by atoms with Gasteiger partial charge in [-0.3, -0.25) is 0 Å². The van der Waals surface area contributed by atoms with Gasteiger partial charge in [-0.2, -0.15) is 0 Å². The molecular weight excluding hydrogens is 285 g/mol. The molecular formula is C14H21Cl2NO2. The summed E-state index contributed by atoms with van der Waals surface area (Å²) >= 11 is 12.4. The average Bonchev–Trinajstić information content (AvgIpc) is 2.40. The second kappa shape index (κ2) is 8.77. The van der Waals surface area contributed by atoms with Crippen molar-refractivity contribution < 1.29 is 9.47 Å². The maximum absolute atomic E-state index is 6.20. The highest BCUT2D eigenvalue weighted by Crippen LogP contribution is 2.26. The summed E-state index contributed by atoms with van der Waals surface area (Å²) in [5.74, 6) is 0. The molecule has 0 fully saturated rings. The van der Waals surface area contributed by atoms with Crippen LogP contribution in [0.4, 0.5) is 0 Å². The highest BCUT2D eigenvalue weighted by molar-refractivity contribution is 6.36. The molecule has 1 N–H and O–H groups in total. The third kappa shape index (κ3) is 4.93. The first-order valence-electron chi connectivity index (χ1n) is 6.35. The summed E-state index contributed by atoms with van der Waals surface area (Å²) in [6, 6.07) is 5.53. The first kappa shape index (κ1) is 16.7. The lowest BCUT2D eigenvalue weighted by Gasteiger charge is -2.26. The van der Waals surface area contributed by atoms with E-state index in [2.05, 4.69) is 12.2 Å². The molecule has 0 heterocycles. The lowest BCUT2D eigenvalue weighted by atomic mass is 10.0. The van der Waals surface area contributed by atoms with E-state index in [-0.39, 0.29) is 12.3 Å². The van der Waals surface area contributed by atoms with Crippen molar-refractivity contribution in [3.8, 4) is 0 Å². The zero-order valence-corrected chi connectivity index (χ0v) is 13.1. The van der Waals surface area contributed by atoms with E-state index in [0.29, 0.717) is 16.5 Å². The Morgan fingerprint density at radius 3 is 2.21 bits per heavy atom. The largest absolute Gasteiger partial charge is 0.354 e. The fourth-order valence-corrected chi connectivity index (χ4v) is 2.52. The molecule has 0 aliphatic carbocycles. The normalized spacial score (nSPS) is 12.9. The number of hydrogen-bond donors (Lipinski definition) is 1. The van der Waals surface area contributed by atoms with E-state index in [0.717, 1.165) is 18.5 Å². The summed E-state index contributed by atoms with van der Waals surface area (Å²) < 4.78 is 10.7. The van der Waals surface area contributed by atoms with E-state index in [1.165, 1.54) is 0 Å². The predicted octanol–water partition coefficient (Wildman–Crippen LogP) is 3.52. The Morgan fingerprint density at radius 2 is 1.74 bits per heavy atom. The second-order valence-corrected chi connectivity index (χ2v) is 5.12. The number of ether oxygens (including phenoxy) is 2. The second-order valence-electron chi connectivity index (χ2n) is 4.30. The Balaban J connectivity index is 2.86. The minimum absolute atomic E-state index is 0.00681. The fourth-order valence-electron chi connectivity index (χ4n) is 1.97. The Morgan fingerprint density at radius 1 is 1.16 bits per heavy atom.